The summed E-state index contributed by atoms with van der Waals surface area (Å²) in [5.41, 5.74) is 1.79. The van der Waals surface area contributed by atoms with Crippen LogP contribution in [0.4, 0.5) is 18.9 Å². The van der Waals surface area contributed by atoms with Gasteiger partial charge in [-0.3, -0.25) is 0 Å². The molecule has 1 N–H and O–H groups in total. The van der Waals surface area contributed by atoms with Gasteiger partial charge in [0.05, 0.1) is 12.8 Å². The number of nitrogens with zero attached hydrogens (tertiary/aromatic N) is 1. The van der Waals surface area contributed by atoms with Crippen molar-refractivity contribution in [3.8, 4) is 0 Å². The summed E-state index contributed by atoms with van der Waals surface area (Å²) in [6.45, 7) is 0.833. The maximum absolute atomic E-state index is 12.8. The molecule has 2 rings (SSSR count). The van der Waals surface area contributed by atoms with Gasteiger partial charge in [0.25, 0.3) is 0 Å². The van der Waals surface area contributed by atoms with Crippen molar-refractivity contribution in [3.05, 3.63) is 54.0 Å². The summed E-state index contributed by atoms with van der Waals surface area (Å²) in [4.78, 5) is 1.03. The van der Waals surface area contributed by atoms with Crippen LogP contribution in [0.2, 0.25) is 0 Å². The fraction of sp³-hybridized carbons (Fsp3) is 0.312. The summed E-state index contributed by atoms with van der Waals surface area (Å²) in [6, 6.07) is 10.6. The van der Waals surface area contributed by atoms with Crippen molar-refractivity contribution in [2.24, 2.45) is 0 Å². The third-order valence-corrected chi connectivity index (χ3v) is 3.56. The van der Waals surface area contributed by atoms with E-state index in [0.717, 1.165) is 16.9 Å². The molecule has 2 aromatic rings. The Bertz CT molecular complexity index is 624. The number of hydrogen-bond acceptors (Lipinski definition) is 2. The first-order chi connectivity index (χ1) is 10.9. The number of nitrogens with one attached hydrogen (secondary N) is 1. The molecule has 1 aromatic heterocycles. The van der Waals surface area contributed by atoms with E-state index in [2.05, 4.69) is 5.32 Å². The molecule has 1 heterocycles. The number of aryl methyl sites for hydroxylation is 1. The van der Waals surface area contributed by atoms with Crippen LogP contribution in [-0.2, 0) is 13.0 Å². The van der Waals surface area contributed by atoms with E-state index in [1.807, 2.05) is 19.1 Å². The van der Waals surface area contributed by atoms with Crippen LogP contribution in [0.5, 0.6) is 0 Å². The minimum atomic E-state index is -4.36. The van der Waals surface area contributed by atoms with Crippen LogP contribution < -0.4 is 5.32 Å². The topological polar surface area (TPSA) is 28.4 Å². The number of benzene rings is 1. The van der Waals surface area contributed by atoms with Crippen molar-refractivity contribution in [2.75, 3.05) is 11.9 Å². The minimum absolute atomic E-state index is 0.00275. The molecule has 23 heavy (non-hydrogen) atoms. The predicted octanol–water partition coefficient (Wildman–Crippen LogP) is 4.60. The Morgan fingerprint density at radius 3 is 2.43 bits per heavy atom. The van der Waals surface area contributed by atoms with Crippen molar-refractivity contribution in [1.82, 2.24) is 4.90 Å². The molecule has 0 atom stereocenters. The summed E-state index contributed by atoms with van der Waals surface area (Å²) in [5.74, 6) is 0.416. The number of alkyl halides is 3. The summed E-state index contributed by atoms with van der Waals surface area (Å²) in [7, 11) is 0. The summed E-state index contributed by atoms with van der Waals surface area (Å²) in [5, 5.41) is 2.85. The van der Waals surface area contributed by atoms with Gasteiger partial charge in [0, 0.05) is 5.69 Å². The first kappa shape index (κ1) is 17.3. The number of hydrogen-bond donors (Lipinski definition) is 1. The Kier molecular flexibility index (Phi) is 5.65. The lowest BCUT2D eigenvalue weighted by Crippen LogP contribution is -2.40. The Morgan fingerprint density at radius 2 is 1.91 bits per heavy atom. The van der Waals surface area contributed by atoms with Gasteiger partial charge in [-0.1, -0.05) is 19.1 Å². The quantitative estimate of drug-likeness (QED) is 0.804. The van der Waals surface area contributed by atoms with Crippen molar-refractivity contribution >= 4 is 23.0 Å². The number of halogens is 3. The predicted molar refractivity (Wildman–Crippen MR) is 87.2 cm³/mol. The fourth-order valence-electron chi connectivity index (χ4n) is 2.03. The second kappa shape index (κ2) is 7.50. The van der Waals surface area contributed by atoms with Crippen molar-refractivity contribution in [2.45, 2.75) is 26.1 Å². The van der Waals surface area contributed by atoms with E-state index < -0.39 is 12.7 Å². The molecule has 0 unspecified atom stereocenters. The highest BCUT2D eigenvalue weighted by Gasteiger charge is 2.32. The molecule has 0 amide bonds. The van der Waals surface area contributed by atoms with Gasteiger partial charge in [0.1, 0.15) is 12.3 Å². The summed E-state index contributed by atoms with van der Waals surface area (Å²) in [6.07, 6.45) is -2.05. The summed E-state index contributed by atoms with van der Waals surface area (Å²) < 4.78 is 43.4. The molecule has 1 aromatic carbocycles. The number of thiocarbonyl (C=S) groups is 1. The molecule has 0 radical (unpaired) electrons. The van der Waals surface area contributed by atoms with E-state index in [1.54, 1.807) is 24.3 Å². The third-order valence-electron chi connectivity index (χ3n) is 3.20. The molecule has 0 saturated heterocycles. The van der Waals surface area contributed by atoms with Gasteiger partial charge in [-0.05, 0) is 48.5 Å². The van der Waals surface area contributed by atoms with Crippen molar-refractivity contribution in [1.29, 1.82) is 0 Å². The largest absolute Gasteiger partial charge is 0.467 e. The lowest BCUT2D eigenvalue weighted by atomic mass is 10.1. The first-order valence-corrected chi connectivity index (χ1v) is 7.52. The van der Waals surface area contributed by atoms with Gasteiger partial charge in [-0.25, -0.2) is 0 Å². The highest BCUT2D eigenvalue weighted by atomic mass is 32.1. The fourth-order valence-corrected chi connectivity index (χ4v) is 2.28. The zero-order valence-electron chi connectivity index (χ0n) is 12.6. The minimum Gasteiger partial charge on any atom is -0.467 e. The van der Waals surface area contributed by atoms with Gasteiger partial charge in [0.2, 0.25) is 0 Å². The molecule has 3 nitrogen and oxygen atoms in total. The van der Waals surface area contributed by atoms with Gasteiger partial charge < -0.3 is 14.6 Å². The lowest BCUT2D eigenvalue weighted by Gasteiger charge is -2.26. The zero-order valence-corrected chi connectivity index (χ0v) is 13.4. The standard InChI is InChI=1S/C16H17F3N2OS/c1-2-12-5-7-13(8-6-12)20-15(23)21(11-16(17,18)19)10-14-4-3-9-22-14/h3-9H,2,10-11H2,1H3,(H,20,23). The van der Waals surface area contributed by atoms with Crippen LogP contribution in [0.3, 0.4) is 0 Å². The van der Waals surface area contributed by atoms with E-state index in [0.29, 0.717) is 11.4 Å². The smallest absolute Gasteiger partial charge is 0.406 e. The monoisotopic (exact) mass is 342 g/mol. The molecule has 0 fully saturated rings. The van der Waals surface area contributed by atoms with Crippen molar-refractivity contribution in [3.63, 3.8) is 0 Å². The van der Waals surface area contributed by atoms with E-state index in [1.165, 1.54) is 6.26 Å². The second-order valence-electron chi connectivity index (χ2n) is 5.03. The normalized spacial score (nSPS) is 11.3. The molecule has 124 valence electrons. The Morgan fingerprint density at radius 1 is 1.22 bits per heavy atom. The second-order valence-corrected chi connectivity index (χ2v) is 5.42. The molecule has 7 heteroatoms. The van der Waals surface area contributed by atoms with Gasteiger partial charge >= 0.3 is 6.18 Å². The zero-order chi connectivity index (χ0) is 16.9. The molecular formula is C16H17F3N2OS. The maximum Gasteiger partial charge on any atom is 0.406 e. The number of anilines is 1. The van der Waals surface area contributed by atoms with Crippen LogP contribution in [0.15, 0.2) is 47.1 Å². The van der Waals surface area contributed by atoms with E-state index >= 15 is 0 Å². The Labute approximate surface area is 138 Å². The molecule has 0 aliphatic carbocycles. The molecular weight excluding hydrogens is 325 g/mol. The molecule has 0 aliphatic heterocycles. The van der Waals surface area contributed by atoms with E-state index in [-0.39, 0.29) is 11.7 Å². The highest BCUT2D eigenvalue weighted by molar-refractivity contribution is 7.80. The SMILES string of the molecule is CCc1ccc(NC(=S)N(Cc2ccco2)CC(F)(F)F)cc1. The highest BCUT2D eigenvalue weighted by Crippen LogP contribution is 2.20. The molecule has 0 spiro atoms. The van der Waals surface area contributed by atoms with E-state index in [4.69, 9.17) is 16.6 Å². The van der Waals surface area contributed by atoms with Crippen LogP contribution in [0.25, 0.3) is 0 Å². The summed E-state index contributed by atoms with van der Waals surface area (Å²) >= 11 is 5.13. The van der Waals surface area contributed by atoms with Crippen LogP contribution in [0.1, 0.15) is 18.2 Å². The lowest BCUT2D eigenvalue weighted by molar-refractivity contribution is -0.138. The Hall–Kier alpha value is -2.02. The average molecular weight is 342 g/mol. The molecule has 0 saturated carbocycles. The van der Waals surface area contributed by atoms with Gasteiger partial charge in [-0.2, -0.15) is 13.2 Å². The third kappa shape index (κ3) is 5.59. The molecule has 0 aliphatic rings. The average Bonchev–Trinajstić information content (AvgIpc) is 2.99. The van der Waals surface area contributed by atoms with Crippen molar-refractivity contribution < 1.29 is 17.6 Å². The number of furan rings is 1. The van der Waals surface area contributed by atoms with Crippen LogP contribution >= 0.6 is 12.2 Å². The first-order valence-electron chi connectivity index (χ1n) is 7.11. The van der Waals surface area contributed by atoms with Gasteiger partial charge in [-0.15, -0.1) is 0 Å². The van der Waals surface area contributed by atoms with Crippen LogP contribution in [0, 0.1) is 0 Å². The van der Waals surface area contributed by atoms with E-state index in [9.17, 15) is 13.2 Å². The maximum atomic E-state index is 12.8. The van der Waals surface area contributed by atoms with Crippen LogP contribution in [-0.4, -0.2) is 22.7 Å². The van der Waals surface area contributed by atoms with Gasteiger partial charge in [0.15, 0.2) is 5.11 Å². The Balaban J connectivity index is 2.08. The number of rotatable bonds is 5. The molecule has 0 bridgehead atoms.